The van der Waals surface area contributed by atoms with Crippen LogP contribution in [0.4, 0.5) is 5.69 Å². The number of carbonyl (C=O) groups is 4. The Kier molecular flexibility index (Phi) is 9.81. The zero-order chi connectivity index (χ0) is 40.3. The van der Waals surface area contributed by atoms with Gasteiger partial charge < -0.3 is 24.4 Å². The molecule has 294 valence electrons. The lowest BCUT2D eigenvalue weighted by atomic mass is 9.49. The van der Waals surface area contributed by atoms with Gasteiger partial charge in [-0.15, -0.1) is 0 Å². The van der Waals surface area contributed by atoms with E-state index in [0.29, 0.717) is 33.9 Å². The van der Waals surface area contributed by atoms with Gasteiger partial charge in [0.2, 0.25) is 11.8 Å². The molecular weight excluding hydrogens is 773 g/mol. The number of phenolic OH excluding ortho intramolecular Hbond substituents is 2. The number of rotatable bonds is 10. The van der Waals surface area contributed by atoms with E-state index in [9.17, 15) is 19.8 Å². The van der Waals surface area contributed by atoms with E-state index >= 15 is 9.59 Å². The number of nitrogens with one attached hydrogen (secondary N) is 1. The Bertz CT molecular complexity index is 2310. The van der Waals surface area contributed by atoms with Gasteiger partial charge in [-0.3, -0.25) is 29.5 Å². The highest BCUT2D eigenvalue weighted by atomic mass is 35.5. The molecule has 0 aromatic heterocycles. The maximum atomic E-state index is 15.6. The summed E-state index contributed by atoms with van der Waals surface area (Å²) in [5.74, 6) is -5.16. The third-order valence-electron chi connectivity index (χ3n) is 12.0. The first-order valence-corrected chi connectivity index (χ1v) is 19.2. The Labute approximate surface area is 338 Å². The van der Waals surface area contributed by atoms with Crippen molar-refractivity contribution in [2.45, 2.75) is 30.6 Å². The molecule has 0 spiro atoms. The number of amides is 4. The highest BCUT2D eigenvalue weighted by Gasteiger charge is 2.71. The van der Waals surface area contributed by atoms with E-state index in [-0.39, 0.29) is 64.9 Å². The lowest BCUT2D eigenvalue weighted by Crippen LogP contribution is -2.53. The summed E-state index contributed by atoms with van der Waals surface area (Å²) in [7, 11) is 4.40. The van der Waals surface area contributed by atoms with Crippen LogP contribution >= 0.6 is 23.2 Å². The lowest BCUT2D eigenvalue weighted by Gasteiger charge is -2.51. The second-order valence-corrected chi connectivity index (χ2v) is 15.6. The van der Waals surface area contributed by atoms with Crippen LogP contribution < -0.4 is 19.6 Å². The standard InChI is InChI=1S/C43H39Cl2N3O9/c1-55-27-11-6-23(7-12-27)43-31(40(52)48(42(43)54)46-33-15-8-24(44)18-32(33)45)21-30-28(38(43)37-34(56-2)19-26(50)20-35(37)57-3)13-14-29-36(30)41(53)47(39(29)51)17-16-22-4-9-25(49)10-5-22/h4-13,15,18-20,29-31,36,38,46,49-50H,14,16-17,21H2,1-3H3. The van der Waals surface area contributed by atoms with Crippen molar-refractivity contribution in [3.8, 4) is 28.7 Å². The van der Waals surface area contributed by atoms with Crippen LogP contribution in [-0.2, 0) is 31.0 Å². The normalized spacial score (nSPS) is 25.1. The summed E-state index contributed by atoms with van der Waals surface area (Å²) in [6, 6.07) is 21.0. The summed E-state index contributed by atoms with van der Waals surface area (Å²) in [4.78, 5) is 60.7. The number of carbonyl (C=O) groups excluding carboxylic acids is 4. The fourth-order valence-electron chi connectivity index (χ4n) is 9.56. The maximum absolute atomic E-state index is 15.6. The molecule has 57 heavy (non-hydrogen) atoms. The van der Waals surface area contributed by atoms with Gasteiger partial charge in [-0.05, 0) is 78.8 Å². The molecule has 1 saturated carbocycles. The van der Waals surface area contributed by atoms with Crippen molar-refractivity contribution in [1.29, 1.82) is 0 Å². The third-order valence-corrected chi connectivity index (χ3v) is 12.6. The Balaban J connectivity index is 1.32. The van der Waals surface area contributed by atoms with Gasteiger partial charge in [0.15, 0.2) is 0 Å². The summed E-state index contributed by atoms with van der Waals surface area (Å²) in [6.45, 7) is 0.136. The number of anilines is 1. The molecule has 6 atom stereocenters. The molecule has 2 aliphatic heterocycles. The van der Waals surface area contributed by atoms with E-state index in [1.165, 1.54) is 44.4 Å². The highest BCUT2D eigenvalue weighted by Crippen LogP contribution is 2.66. The minimum absolute atomic E-state index is 0.0557. The van der Waals surface area contributed by atoms with Crippen LogP contribution in [0.3, 0.4) is 0 Å². The average Bonchev–Trinajstić information content (AvgIpc) is 3.58. The molecule has 8 rings (SSSR count). The number of hydrazine groups is 1. The van der Waals surface area contributed by atoms with E-state index in [1.54, 1.807) is 60.7 Å². The predicted octanol–water partition coefficient (Wildman–Crippen LogP) is 6.66. The van der Waals surface area contributed by atoms with Gasteiger partial charge in [-0.2, -0.15) is 5.01 Å². The van der Waals surface area contributed by atoms with Crippen molar-refractivity contribution >= 4 is 52.5 Å². The number of imide groups is 2. The van der Waals surface area contributed by atoms with E-state index in [4.69, 9.17) is 37.4 Å². The fourth-order valence-corrected chi connectivity index (χ4v) is 10.0. The summed E-state index contributed by atoms with van der Waals surface area (Å²) < 4.78 is 17.3. The molecule has 4 amide bonds. The Morgan fingerprint density at radius 3 is 2.11 bits per heavy atom. The summed E-state index contributed by atoms with van der Waals surface area (Å²) >= 11 is 12.8. The summed E-state index contributed by atoms with van der Waals surface area (Å²) in [5, 5.41) is 22.1. The first kappa shape index (κ1) is 38.2. The van der Waals surface area contributed by atoms with Crippen molar-refractivity contribution in [3.63, 3.8) is 0 Å². The molecule has 3 N–H and O–H groups in total. The molecule has 4 aliphatic rings. The number of halogens is 2. The number of likely N-dealkylation sites (tertiary alicyclic amines) is 1. The van der Waals surface area contributed by atoms with Crippen molar-refractivity contribution in [2.24, 2.45) is 23.7 Å². The van der Waals surface area contributed by atoms with Gasteiger partial charge in [0.05, 0.1) is 55.2 Å². The van der Waals surface area contributed by atoms with E-state index < -0.39 is 46.8 Å². The molecule has 14 heteroatoms. The smallest absolute Gasteiger partial charge is 0.260 e. The van der Waals surface area contributed by atoms with E-state index in [1.807, 2.05) is 6.08 Å². The van der Waals surface area contributed by atoms with Crippen LogP contribution in [-0.4, -0.2) is 71.6 Å². The number of methoxy groups -OCH3 is 3. The molecule has 4 aromatic carbocycles. The molecule has 2 heterocycles. The molecule has 2 saturated heterocycles. The predicted molar refractivity (Wildman–Crippen MR) is 210 cm³/mol. The number of fused-ring (bicyclic) bond motifs is 4. The lowest BCUT2D eigenvalue weighted by molar-refractivity contribution is -0.141. The van der Waals surface area contributed by atoms with Crippen molar-refractivity contribution < 1.29 is 43.6 Å². The van der Waals surface area contributed by atoms with Crippen LogP contribution in [0.5, 0.6) is 28.7 Å². The molecule has 2 aliphatic carbocycles. The van der Waals surface area contributed by atoms with Crippen LogP contribution in [0.1, 0.15) is 35.4 Å². The minimum Gasteiger partial charge on any atom is -0.508 e. The number of nitrogens with zero attached hydrogens (tertiary/aromatic N) is 2. The molecule has 6 unspecified atom stereocenters. The van der Waals surface area contributed by atoms with Gasteiger partial charge in [0.25, 0.3) is 11.8 Å². The number of hydrogen-bond donors (Lipinski definition) is 3. The van der Waals surface area contributed by atoms with Crippen molar-refractivity contribution in [1.82, 2.24) is 9.91 Å². The zero-order valence-corrected chi connectivity index (χ0v) is 32.7. The quantitative estimate of drug-likeness (QED) is 0.117. The third kappa shape index (κ3) is 6.04. The molecule has 3 fully saturated rings. The first-order chi connectivity index (χ1) is 27.4. The number of allylic oxidation sites excluding steroid dienone is 2. The van der Waals surface area contributed by atoms with Gasteiger partial charge in [0.1, 0.15) is 28.7 Å². The molecule has 0 bridgehead atoms. The number of hydrogen-bond acceptors (Lipinski definition) is 10. The number of phenols is 2. The highest BCUT2D eigenvalue weighted by molar-refractivity contribution is 6.36. The van der Waals surface area contributed by atoms with Crippen molar-refractivity contribution in [3.05, 3.63) is 117 Å². The van der Waals surface area contributed by atoms with Crippen LogP contribution in [0.15, 0.2) is 90.5 Å². The second kappa shape index (κ2) is 14.7. The number of benzene rings is 4. The molecule has 4 aromatic rings. The summed E-state index contributed by atoms with van der Waals surface area (Å²) in [6.07, 6.45) is 2.59. The van der Waals surface area contributed by atoms with Crippen LogP contribution in [0.25, 0.3) is 0 Å². The topological polar surface area (TPSA) is 155 Å². The number of aromatic hydroxyl groups is 2. The fraction of sp³-hybridized carbons (Fsp3) is 0.302. The van der Waals surface area contributed by atoms with Gasteiger partial charge in [-0.25, -0.2) is 0 Å². The number of ether oxygens (including phenoxy) is 3. The zero-order valence-electron chi connectivity index (χ0n) is 31.2. The van der Waals surface area contributed by atoms with E-state index in [2.05, 4.69) is 5.43 Å². The Hall–Kier alpha value is -5.72. The monoisotopic (exact) mass is 811 g/mol. The molecular formula is C43H39Cl2N3O9. The SMILES string of the molecule is COc1ccc(C23C(=O)N(Nc4ccc(Cl)cc4Cl)C(=O)C2CC2C(=CCC4C(=O)N(CCc5ccc(O)cc5)C(=O)C42)C3c2c(OC)cc(O)cc2OC)cc1. The average molecular weight is 813 g/mol. The van der Waals surface area contributed by atoms with Crippen LogP contribution in [0.2, 0.25) is 10.0 Å². The van der Waals surface area contributed by atoms with Crippen LogP contribution in [0, 0.1) is 23.7 Å². The first-order valence-electron chi connectivity index (χ1n) is 18.4. The van der Waals surface area contributed by atoms with E-state index in [0.717, 1.165) is 10.6 Å². The Morgan fingerprint density at radius 2 is 1.47 bits per heavy atom. The van der Waals surface area contributed by atoms with Crippen molar-refractivity contribution in [2.75, 3.05) is 33.3 Å². The minimum atomic E-state index is -1.67. The van der Waals surface area contributed by atoms with Gasteiger partial charge >= 0.3 is 0 Å². The van der Waals surface area contributed by atoms with Gasteiger partial charge in [-0.1, -0.05) is 59.1 Å². The molecule has 0 radical (unpaired) electrons. The largest absolute Gasteiger partial charge is 0.508 e. The molecule has 12 nitrogen and oxygen atoms in total. The Morgan fingerprint density at radius 1 is 0.789 bits per heavy atom. The summed E-state index contributed by atoms with van der Waals surface area (Å²) in [5.41, 5.74) is 3.98. The maximum Gasteiger partial charge on any atom is 0.260 e. The van der Waals surface area contributed by atoms with Gasteiger partial charge in [0, 0.05) is 35.2 Å². The second-order valence-electron chi connectivity index (χ2n) is 14.7.